The Hall–Kier alpha value is -3.32. The summed E-state index contributed by atoms with van der Waals surface area (Å²) in [6.45, 7) is 2.73. The summed E-state index contributed by atoms with van der Waals surface area (Å²) in [5.74, 6) is -0.888. The molecule has 2 N–H and O–H groups in total. The first-order valence-electron chi connectivity index (χ1n) is 15.1. The van der Waals surface area contributed by atoms with Crippen LogP contribution in [0.2, 0.25) is 10.0 Å². The van der Waals surface area contributed by atoms with E-state index in [1.54, 1.807) is 0 Å². The van der Waals surface area contributed by atoms with Gasteiger partial charge in [0.15, 0.2) is 9.84 Å². The van der Waals surface area contributed by atoms with Crippen molar-refractivity contribution in [3.8, 4) is 0 Å². The molecule has 1 aliphatic rings. The molecule has 254 valence electrons. The molecule has 3 aromatic rings. The van der Waals surface area contributed by atoms with Gasteiger partial charge < -0.3 is 15.4 Å². The number of hydrogen-bond acceptors (Lipinski definition) is 6. The van der Waals surface area contributed by atoms with Gasteiger partial charge in [-0.2, -0.15) is 13.2 Å². The number of piperidine rings is 1. The van der Waals surface area contributed by atoms with Crippen LogP contribution in [-0.4, -0.2) is 50.7 Å². The van der Waals surface area contributed by atoms with Crippen LogP contribution in [-0.2, 0) is 40.4 Å². The van der Waals surface area contributed by atoms with Crippen molar-refractivity contribution in [1.29, 1.82) is 0 Å². The van der Waals surface area contributed by atoms with Gasteiger partial charge in [-0.05, 0) is 78.7 Å². The minimum absolute atomic E-state index is 0.0207. The van der Waals surface area contributed by atoms with Crippen molar-refractivity contribution in [2.24, 2.45) is 5.92 Å². The second kappa shape index (κ2) is 16.2. The van der Waals surface area contributed by atoms with Crippen molar-refractivity contribution in [2.45, 2.75) is 57.0 Å². The molecule has 0 radical (unpaired) electrons. The highest BCUT2D eigenvalue weighted by Gasteiger charge is 2.36. The van der Waals surface area contributed by atoms with Crippen molar-refractivity contribution < 1.29 is 35.9 Å². The highest BCUT2D eigenvalue weighted by atomic mass is 35.5. The van der Waals surface area contributed by atoms with Crippen LogP contribution in [0.4, 0.5) is 18.0 Å². The lowest BCUT2D eigenvalue weighted by molar-refractivity contribution is -0.138. The van der Waals surface area contributed by atoms with Crippen LogP contribution in [0.1, 0.15) is 58.8 Å². The molecule has 0 unspecified atom stereocenters. The van der Waals surface area contributed by atoms with Crippen LogP contribution < -0.4 is 10.6 Å². The Morgan fingerprint density at radius 3 is 2.49 bits per heavy atom. The molecule has 0 aromatic heterocycles. The molecule has 0 bridgehead atoms. The summed E-state index contributed by atoms with van der Waals surface area (Å²) in [6, 6.07) is 15.4. The van der Waals surface area contributed by atoms with Gasteiger partial charge in [0.25, 0.3) is 5.91 Å². The van der Waals surface area contributed by atoms with Gasteiger partial charge in [0.05, 0.1) is 16.2 Å². The van der Waals surface area contributed by atoms with E-state index >= 15 is 0 Å². The van der Waals surface area contributed by atoms with E-state index in [0.717, 1.165) is 24.5 Å². The first-order chi connectivity index (χ1) is 22.3. The predicted molar refractivity (Wildman–Crippen MR) is 174 cm³/mol. The van der Waals surface area contributed by atoms with Gasteiger partial charge in [-0.15, -0.1) is 0 Å². The van der Waals surface area contributed by atoms with Crippen LogP contribution in [0, 0.1) is 5.92 Å². The summed E-state index contributed by atoms with van der Waals surface area (Å²) in [5, 5.41) is 5.27. The number of carbonyl (C=O) groups is 2. The molecule has 0 aliphatic carbocycles. The Morgan fingerprint density at radius 1 is 1.04 bits per heavy atom. The number of hydrogen-bond donors (Lipinski definition) is 2. The van der Waals surface area contributed by atoms with E-state index in [0.29, 0.717) is 26.1 Å². The predicted octanol–water partition coefficient (Wildman–Crippen LogP) is 7.26. The van der Waals surface area contributed by atoms with Crippen molar-refractivity contribution in [2.75, 3.05) is 25.4 Å². The Labute approximate surface area is 282 Å². The number of alkyl halides is 3. The minimum Gasteiger partial charge on any atom is -0.445 e. The quantitative estimate of drug-likeness (QED) is 0.205. The summed E-state index contributed by atoms with van der Waals surface area (Å²) in [7, 11) is -3.64. The molecular formula is C33H36Cl2F3N3O5S. The van der Waals surface area contributed by atoms with Crippen molar-refractivity contribution in [3.05, 3.63) is 98.5 Å². The molecule has 1 atom stereocenters. The zero-order valence-corrected chi connectivity index (χ0v) is 28.0. The molecule has 4 rings (SSSR count). The van der Waals surface area contributed by atoms with E-state index in [9.17, 15) is 31.2 Å². The molecule has 3 aromatic carbocycles. The van der Waals surface area contributed by atoms with Gasteiger partial charge in [0, 0.05) is 41.8 Å². The number of benzene rings is 3. The SMILES string of the molecule is CCS(=O)(=O)c1ccc(Cl)cc1CNC(=O)c1cc(Cl)c(CN2CCC[C@H](CCNC(=O)OCc3ccccc3)C2)c(C(F)(F)F)c1. The van der Waals surface area contributed by atoms with Gasteiger partial charge in [-0.25, -0.2) is 13.2 Å². The van der Waals surface area contributed by atoms with Crippen LogP contribution in [0.5, 0.6) is 0 Å². The lowest BCUT2D eigenvalue weighted by atomic mass is 9.93. The maximum absolute atomic E-state index is 14.3. The third-order valence-corrected chi connectivity index (χ3v) is 10.4. The molecule has 47 heavy (non-hydrogen) atoms. The van der Waals surface area contributed by atoms with Gasteiger partial charge in [-0.3, -0.25) is 9.69 Å². The first kappa shape index (κ1) is 36.5. The maximum Gasteiger partial charge on any atom is 0.416 e. The van der Waals surface area contributed by atoms with Gasteiger partial charge in [0.2, 0.25) is 0 Å². The maximum atomic E-state index is 14.3. The van der Waals surface area contributed by atoms with Crippen LogP contribution in [0.25, 0.3) is 0 Å². The Morgan fingerprint density at radius 2 is 1.79 bits per heavy atom. The first-order valence-corrected chi connectivity index (χ1v) is 17.5. The highest BCUT2D eigenvalue weighted by Crippen LogP contribution is 2.37. The second-order valence-electron chi connectivity index (χ2n) is 11.3. The fraction of sp³-hybridized carbons (Fsp3) is 0.394. The number of nitrogens with one attached hydrogen (secondary N) is 2. The number of carbonyl (C=O) groups excluding carboxylic acids is 2. The molecule has 1 aliphatic heterocycles. The van der Waals surface area contributed by atoms with Gasteiger partial charge in [-0.1, -0.05) is 60.5 Å². The fourth-order valence-corrected chi connectivity index (χ4v) is 7.10. The number of amides is 2. The summed E-state index contributed by atoms with van der Waals surface area (Å²) in [6.07, 6.45) is -3.06. The third kappa shape index (κ3) is 10.3. The molecule has 1 fully saturated rings. The molecular weight excluding hydrogens is 678 g/mol. The molecule has 8 nitrogen and oxygen atoms in total. The largest absolute Gasteiger partial charge is 0.445 e. The number of likely N-dealkylation sites (tertiary alicyclic amines) is 1. The van der Waals surface area contributed by atoms with Crippen LogP contribution >= 0.6 is 23.2 Å². The van der Waals surface area contributed by atoms with E-state index in [-0.39, 0.29) is 63.0 Å². The van der Waals surface area contributed by atoms with Gasteiger partial charge in [0.1, 0.15) is 6.61 Å². The lowest BCUT2D eigenvalue weighted by Crippen LogP contribution is -2.37. The summed E-state index contributed by atoms with van der Waals surface area (Å²) < 4.78 is 73.1. The third-order valence-electron chi connectivity index (χ3n) is 7.96. The standard InChI is InChI=1S/C33H36Cl2F3N3O5S/c1-2-47(44,45)30-11-10-26(34)15-25(30)18-40-31(42)24-16-28(33(36,37)38)27(29(35)17-24)20-41-14-6-9-22(19-41)12-13-39-32(43)46-21-23-7-4-3-5-8-23/h3-5,7-8,10-11,15-17,22H,2,6,9,12-14,18-21H2,1H3,(H,39,43)(H,40,42)/t22-/m1/s1. The zero-order chi connectivity index (χ0) is 34.2. The Balaban J connectivity index is 1.38. The van der Waals surface area contributed by atoms with E-state index in [1.807, 2.05) is 35.2 Å². The van der Waals surface area contributed by atoms with E-state index in [1.165, 1.54) is 31.2 Å². The summed E-state index contributed by atoms with van der Waals surface area (Å²) in [5.41, 5.74) is -0.380. The number of nitrogens with zero attached hydrogens (tertiary/aromatic N) is 1. The average molecular weight is 715 g/mol. The van der Waals surface area contributed by atoms with E-state index < -0.39 is 33.6 Å². The highest BCUT2D eigenvalue weighted by molar-refractivity contribution is 7.91. The topological polar surface area (TPSA) is 105 Å². The fourth-order valence-electron chi connectivity index (χ4n) is 5.51. The van der Waals surface area contributed by atoms with E-state index in [4.69, 9.17) is 27.9 Å². The van der Waals surface area contributed by atoms with Crippen LogP contribution in [0.3, 0.4) is 0 Å². The molecule has 1 heterocycles. The zero-order valence-electron chi connectivity index (χ0n) is 25.7. The summed E-state index contributed by atoms with van der Waals surface area (Å²) in [4.78, 5) is 27.0. The summed E-state index contributed by atoms with van der Waals surface area (Å²) >= 11 is 12.4. The van der Waals surface area contributed by atoms with Crippen molar-refractivity contribution in [1.82, 2.24) is 15.5 Å². The number of rotatable bonds is 12. The smallest absolute Gasteiger partial charge is 0.416 e. The van der Waals surface area contributed by atoms with Gasteiger partial charge >= 0.3 is 12.3 Å². The lowest BCUT2D eigenvalue weighted by Gasteiger charge is -2.33. The van der Waals surface area contributed by atoms with Crippen molar-refractivity contribution in [3.63, 3.8) is 0 Å². The Kier molecular flexibility index (Phi) is 12.6. The number of halogens is 5. The van der Waals surface area contributed by atoms with Crippen LogP contribution in [0.15, 0.2) is 65.6 Å². The Bertz CT molecular complexity index is 1670. The van der Waals surface area contributed by atoms with E-state index in [2.05, 4.69) is 10.6 Å². The number of alkyl carbamates (subject to hydrolysis) is 1. The normalized spacial score (nSPS) is 15.7. The molecule has 14 heteroatoms. The monoisotopic (exact) mass is 713 g/mol. The number of sulfone groups is 1. The molecule has 0 spiro atoms. The minimum atomic E-state index is -4.79. The molecule has 2 amide bonds. The average Bonchev–Trinajstić information content (AvgIpc) is 3.03. The molecule has 1 saturated heterocycles. The van der Waals surface area contributed by atoms with Crippen molar-refractivity contribution >= 4 is 45.0 Å². The number of ether oxygens (including phenoxy) is 1. The second-order valence-corrected chi connectivity index (χ2v) is 14.4. The molecule has 0 saturated carbocycles.